The second-order valence-corrected chi connectivity index (χ2v) is 5.13. The van der Waals surface area contributed by atoms with Gasteiger partial charge < -0.3 is 9.47 Å². The van der Waals surface area contributed by atoms with Crippen LogP contribution < -0.4 is 9.47 Å². The van der Waals surface area contributed by atoms with Gasteiger partial charge in [-0.05, 0) is 28.1 Å². The lowest BCUT2D eigenvalue weighted by Crippen LogP contribution is -1.96. The largest absolute Gasteiger partial charge is 0.495 e. The maximum Gasteiger partial charge on any atom is 0.274 e. The summed E-state index contributed by atoms with van der Waals surface area (Å²) in [5.41, 5.74) is 0.768. The molecule has 0 bridgehead atoms. The molecule has 1 aromatic heterocycles. The molecule has 2 rings (SSSR count). The van der Waals surface area contributed by atoms with E-state index in [1.165, 1.54) is 26.4 Å². The predicted octanol–water partition coefficient (Wildman–Crippen LogP) is 4.09. The van der Waals surface area contributed by atoms with Gasteiger partial charge in [-0.3, -0.25) is 10.1 Å². The monoisotopic (exact) mass is 372 g/mol. The van der Waals surface area contributed by atoms with Gasteiger partial charge in [-0.25, -0.2) is 4.98 Å². The lowest BCUT2D eigenvalue weighted by molar-refractivity contribution is -0.384. The van der Waals surface area contributed by atoms with Gasteiger partial charge in [-0.2, -0.15) is 0 Å². The van der Waals surface area contributed by atoms with E-state index in [1.54, 1.807) is 12.1 Å². The van der Waals surface area contributed by atoms with Gasteiger partial charge in [-0.1, -0.05) is 11.6 Å². The van der Waals surface area contributed by atoms with Crippen LogP contribution in [0.25, 0.3) is 11.3 Å². The quantitative estimate of drug-likeness (QED) is 0.458. The summed E-state index contributed by atoms with van der Waals surface area (Å²) >= 11 is 9.22. The summed E-state index contributed by atoms with van der Waals surface area (Å²) in [6.07, 6.45) is 0. The second-order valence-electron chi connectivity index (χ2n) is 3.95. The highest BCUT2D eigenvalue weighted by Crippen LogP contribution is 2.42. The molecule has 6 nitrogen and oxygen atoms in total. The Bertz CT molecular complexity index is 709. The van der Waals surface area contributed by atoms with Crippen molar-refractivity contribution in [2.45, 2.75) is 0 Å². The third-order valence-electron chi connectivity index (χ3n) is 2.75. The summed E-state index contributed by atoms with van der Waals surface area (Å²) in [7, 11) is 3.02. The molecular weight excluding hydrogens is 364 g/mol. The van der Waals surface area contributed by atoms with Crippen molar-refractivity contribution in [2.75, 3.05) is 14.2 Å². The van der Waals surface area contributed by atoms with Crippen LogP contribution in [0.4, 0.5) is 5.69 Å². The van der Waals surface area contributed by atoms with Crippen LogP contribution in [0.1, 0.15) is 0 Å². The van der Waals surface area contributed by atoms with Gasteiger partial charge in [0.15, 0.2) is 0 Å². The average molecular weight is 374 g/mol. The van der Waals surface area contributed by atoms with Crippen LogP contribution in [-0.2, 0) is 0 Å². The summed E-state index contributed by atoms with van der Waals surface area (Å²) in [6, 6.07) is 5.93. The molecule has 0 saturated carbocycles. The van der Waals surface area contributed by atoms with Gasteiger partial charge in [0.25, 0.3) is 5.69 Å². The SMILES string of the molecule is COc1ccc(-c2cc([N+](=O)[O-])cc(Cl)n2)c(OC)c1Br. The van der Waals surface area contributed by atoms with Crippen molar-refractivity contribution in [1.82, 2.24) is 4.98 Å². The molecule has 0 unspecified atom stereocenters. The third-order valence-corrected chi connectivity index (χ3v) is 3.70. The molecule has 8 heteroatoms. The molecule has 1 heterocycles. The van der Waals surface area contributed by atoms with Crippen molar-refractivity contribution in [2.24, 2.45) is 0 Å². The number of hydrogen-bond acceptors (Lipinski definition) is 5. The van der Waals surface area contributed by atoms with Crippen molar-refractivity contribution in [1.29, 1.82) is 0 Å². The molecule has 2 aromatic rings. The molecule has 1 aromatic carbocycles. The average Bonchev–Trinajstić information content (AvgIpc) is 2.46. The zero-order valence-corrected chi connectivity index (χ0v) is 13.4. The number of benzene rings is 1. The zero-order valence-electron chi connectivity index (χ0n) is 11.1. The number of halogens is 2. The molecule has 21 heavy (non-hydrogen) atoms. The minimum atomic E-state index is -0.526. The fourth-order valence-corrected chi connectivity index (χ4v) is 2.70. The first-order chi connectivity index (χ1) is 9.97. The second kappa shape index (κ2) is 6.28. The minimum absolute atomic E-state index is 0.0354. The highest BCUT2D eigenvalue weighted by Gasteiger charge is 2.18. The first-order valence-electron chi connectivity index (χ1n) is 5.70. The number of nitro groups is 1. The standard InChI is InChI=1S/C13H10BrClN2O4/c1-20-10-4-3-8(13(21-2)12(10)14)9-5-7(17(18)19)6-11(15)16-9/h3-6H,1-2H3. The number of methoxy groups -OCH3 is 2. The van der Waals surface area contributed by atoms with Gasteiger partial charge in [0, 0.05) is 11.6 Å². The van der Waals surface area contributed by atoms with Crippen LogP contribution in [0.15, 0.2) is 28.7 Å². The fraction of sp³-hybridized carbons (Fsp3) is 0.154. The van der Waals surface area contributed by atoms with Gasteiger partial charge in [0.2, 0.25) is 0 Å². The van der Waals surface area contributed by atoms with E-state index in [-0.39, 0.29) is 10.8 Å². The zero-order chi connectivity index (χ0) is 15.6. The normalized spacial score (nSPS) is 10.3. The Balaban J connectivity index is 2.67. The van der Waals surface area contributed by atoms with E-state index in [1.807, 2.05) is 0 Å². The lowest BCUT2D eigenvalue weighted by atomic mass is 10.1. The molecule has 110 valence electrons. The smallest absolute Gasteiger partial charge is 0.274 e. The highest BCUT2D eigenvalue weighted by molar-refractivity contribution is 9.10. The first kappa shape index (κ1) is 15.5. The Morgan fingerprint density at radius 1 is 1.29 bits per heavy atom. The summed E-state index contributed by atoms with van der Waals surface area (Å²) in [6.45, 7) is 0. The van der Waals surface area contributed by atoms with Gasteiger partial charge in [-0.15, -0.1) is 0 Å². The minimum Gasteiger partial charge on any atom is -0.495 e. The Morgan fingerprint density at radius 2 is 2.00 bits per heavy atom. The number of rotatable bonds is 4. The van der Waals surface area contributed by atoms with Crippen LogP contribution in [0.2, 0.25) is 5.15 Å². The molecule has 0 radical (unpaired) electrons. The molecule has 0 atom stereocenters. The van der Waals surface area contributed by atoms with Crippen molar-refractivity contribution in [3.63, 3.8) is 0 Å². The van der Waals surface area contributed by atoms with Crippen molar-refractivity contribution >= 4 is 33.2 Å². The Morgan fingerprint density at radius 3 is 2.57 bits per heavy atom. The van der Waals surface area contributed by atoms with Gasteiger partial charge in [0.05, 0.1) is 30.9 Å². The van der Waals surface area contributed by atoms with Gasteiger partial charge >= 0.3 is 0 Å². The number of ether oxygens (including phenoxy) is 2. The fourth-order valence-electron chi connectivity index (χ4n) is 1.82. The molecule has 0 saturated heterocycles. The van der Waals surface area contributed by atoms with Crippen LogP contribution in [-0.4, -0.2) is 24.1 Å². The van der Waals surface area contributed by atoms with Crippen LogP contribution in [0.5, 0.6) is 11.5 Å². The van der Waals surface area contributed by atoms with E-state index in [9.17, 15) is 10.1 Å². The highest BCUT2D eigenvalue weighted by atomic mass is 79.9. The van der Waals surface area contributed by atoms with Crippen LogP contribution in [0.3, 0.4) is 0 Å². The van der Waals surface area contributed by atoms with E-state index in [2.05, 4.69) is 20.9 Å². The van der Waals surface area contributed by atoms with E-state index in [0.717, 1.165) is 0 Å². The first-order valence-corrected chi connectivity index (χ1v) is 6.88. The molecule has 0 fully saturated rings. The third kappa shape index (κ3) is 3.08. The number of nitrogens with zero attached hydrogens (tertiary/aromatic N) is 2. The number of aromatic nitrogens is 1. The molecule has 0 aliphatic rings. The molecule has 0 spiro atoms. The predicted molar refractivity (Wildman–Crippen MR) is 82.1 cm³/mol. The summed E-state index contributed by atoms with van der Waals surface area (Å²) in [5, 5.41) is 11.0. The maximum absolute atomic E-state index is 10.9. The van der Waals surface area contributed by atoms with E-state index >= 15 is 0 Å². The van der Waals surface area contributed by atoms with E-state index in [0.29, 0.717) is 27.2 Å². The summed E-state index contributed by atoms with van der Waals surface area (Å²) in [5.74, 6) is 1.03. The molecule has 0 N–H and O–H groups in total. The van der Waals surface area contributed by atoms with Gasteiger partial charge in [0.1, 0.15) is 21.1 Å². The molecular formula is C13H10BrClN2O4. The maximum atomic E-state index is 10.9. The molecule has 0 amide bonds. The lowest BCUT2D eigenvalue weighted by Gasteiger charge is -2.13. The van der Waals surface area contributed by atoms with Crippen LogP contribution in [0, 0.1) is 10.1 Å². The summed E-state index contributed by atoms with van der Waals surface area (Å²) in [4.78, 5) is 14.5. The Kier molecular flexibility index (Phi) is 4.64. The topological polar surface area (TPSA) is 74.5 Å². The summed E-state index contributed by atoms with van der Waals surface area (Å²) < 4.78 is 11.1. The Hall–Kier alpha value is -1.86. The molecule has 0 aliphatic heterocycles. The molecule has 0 aliphatic carbocycles. The van der Waals surface area contributed by atoms with Crippen molar-refractivity contribution < 1.29 is 14.4 Å². The number of hydrogen-bond donors (Lipinski definition) is 0. The van der Waals surface area contributed by atoms with Crippen molar-refractivity contribution in [3.8, 4) is 22.8 Å². The van der Waals surface area contributed by atoms with E-state index in [4.69, 9.17) is 21.1 Å². The Labute approximate surface area is 133 Å². The van der Waals surface area contributed by atoms with Crippen molar-refractivity contribution in [3.05, 3.63) is 44.0 Å². The van der Waals surface area contributed by atoms with E-state index < -0.39 is 4.92 Å². The number of pyridine rings is 1. The van der Waals surface area contributed by atoms with Crippen LogP contribution >= 0.6 is 27.5 Å².